The minimum Gasteiger partial charge on any atom is -0.381 e. The molecule has 0 aromatic rings. The number of ether oxygens (including phenoxy) is 1. The molecule has 3 aliphatic rings. The number of fused-ring (bicyclic) bond motifs is 5. The summed E-state index contributed by atoms with van der Waals surface area (Å²) in [4.78, 5) is 0.815. The van der Waals surface area contributed by atoms with Crippen molar-refractivity contribution >= 4 is 15.9 Å². The van der Waals surface area contributed by atoms with Gasteiger partial charge in [-0.2, -0.15) is 0 Å². The van der Waals surface area contributed by atoms with E-state index in [9.17, 15) is 0 Å². The van der Waals surface area contributed by atoms with Crippen LogP contribution in [-0.2, 0) is 4.74 Å². The van der Waals surface area contributed by atoms with Crippen LogP contribution in [0.25, 0.3) is 0 Å². The van der Waals surface area contributed by atoms with Crippen molar-refractivity contribution in [3.05, 3.63) is 0 Å². The van der Waals surface area contributed by atoms with E-state index < -0.39 is 0 Å². The van der Waals surface area contributed by atoms with Crippen LogP contribution in [0, 0.1) is 23.7 Å². The van der Waals surface area contributed by atoms with Gasteiger partial charge in [0, 0.05) is 4.83 Å². The second-order valence-electron chi connectivity index (χ2n) is 4.28. The highest BCUT2D eigenvalue weighted by Gasteiger charge is 2.53. The molecule has 1 saturated heterocycles. The Balaban J connectivity index is 1.90. The van der Waals surface area contributed by atoms with E-state index in [0.29, 0.717) is 0 Å². The van der Waals surface area contributed by atoms with Gasteiger partial charge in [0.25, 0.3) is 0 Å². The molecule has 0 N–H and O–H groups in total. The minimum absolute atomic E-state index is 0.815. The van der Waals surface area contributed by atoms with E-state index in [2.05, 4.69) is 15.9 Å². The molecule has 1 aliphatic heterocycles. The first-order chi connectivity index (χ1) is 5.36. The van der Waals surface area contributed by atoms with Crippen molar-refractivity contribution in [1.82, 2.24) is 0 Å². The van der Waals surface area contributed by atoms with Crippen LogP contribution in [0.15, 0.2) is 0 Å². The highest BCUT2D eigenvalue weighted by atomic mass is 79.9. The molecule has 2 saturated carbocycles. The Labute approximate surface area is 75.6 Å². The molecule has 0 radical (unpaired) electrons. The Hall–Kier alpha value is 0.440. The van der Waals surface area contributed by atoms with Gasteiger partial charge in [0.15, 0.2) is 0 Å². The molecular weight excluding hydrogens is 204 g/mol. The van der Waals surface area contributed by atoms with Crippen LogP contribution >= 0.6 is 15.9 Å². The molecule has 2 bridgehead atoms. The molecule has 62 valence electrons. The molecule has 1 heterocycles. The first-order valence-corrected chi connectivity index (χ1v) is 5.49. The number of alkyl halides is 1. The van der Waals surface area contributed by atoms with Crippen LogP contribution in [0.4, 0.5) is 0 Å². The Kier molecular flexibility index (Phi) is 1.40. The van der Waals surface area contributed by atoms with Crippen LogP contribution in [0.5, 0.6) is 0 Å². The lowest BCUT2D eigenvalue weighted by atomic mass is 9.82. The van der Waals surface area contributed by atoms with Gasteiger partial charge in [-0.1, -0.05) is 15.9 Å². The van der Waals surface area contributed by atoms with E-state index in [1.165, 1.54) is 12.8 Å². The fourth-order valence-corrected chi connectivity index (χ4v) is 4.45. The van der Waals surface area contributed by atoms with E-state index in [0.717, 1.165) is 41.7 Å². The number of rotatable bonds is 0. The smallest absolute Gasteiger partial charge is 0.0501 e. The van der Waals surface area contributed by atoms with E-state index in [1.54, 1.807) is 0 Å². The van der Waals surface area contributed by atoms with Crippen LogP contribution in [0.1, 0.15) is 12.8 Å². The summed E-state index contributed by atoms with van der Waals surface area (Å²) < 4.78 is 5.52. The molecular formula is C9H13BrO. The van der Waals surface area contributed by atoms with Crippen molar-refractivity contribution in [1.29, 1.82) is 0 Å². The molecule has 1 nitrogen and oxygen atoms in total. The van der Waals surface area contributed by atoms with Crippen molar-refractivity contribution in [2.24, 2.45) is 23.7 Å². The second-order valence-corrected chi connectivity index (χ2v) is 5.45. The van der Waals surface area contributed by atoms with Gasteiger partial charge in [0.2, 0.25) is 0 Å². The Bertz CT molecular complexity index is 182. The number of halogens is 1. The Morgan fingerprint density at radius 1 is 1.00 bits per heavy atom. The predicted molar refractivity (Wildman–Crippen MR) is 46.7 cm³/mol. The maximum absolute atomic E-state index is 5.52. The summed E-state index contributed by atoms with van der Waals surface area (Å²) in [6.45, 7) is 2.11. The molecule has 3 fully saturated rings. The quantitative estimate of drug-likeness (QED) is 0.564. The normalized spacial score (nSPS) is 60.3. The second kappa shape index (κ2) is 2.23. The maximum Gasteiger partial charge on any atom is 0.0501 e. The first kappa shape index (κ1) is 6.90. The summed E-state index contributed by atoms with van der Waals surface area (Å²) in [5.74, 6) is 3.80. The van der Waals surface area contributed by atoms with Crippen LogP contribution in [0.2, 0.25) is 0 Å². The Morgan fingerprint density at radius 3 is 2.73 bits per heavy atom. The summed E-state index contributed by atoms with van der Waals surface area (Å²) in [7, 11) is 0. The molecule has 5 unspecified atom stereocenters. The lowest BCUT2D eigenvalue weighted by Gasteiger charge is -2.26. The summed E-state index contributed by atoms with van der Waals surface area (Å²) in [6, 6.07) is 0. The molecule has 0 aromatic heterocycles. The molecule has 0 spiro atoms. The SMILES string of the molecule is BrC1CC2CC1C1COCC21. The van der Waals surface area contributed by atoms with Gasteiger partial charge < -0.3 is 4.74 Å². The largest absolute Gasteiger partial charge is 0.381 e. The van der Waals surface area contributed by atoms with E-state index in [1.807, 2.05) is 0 Å². The first-order valence-electron chi connectivity index (χ1n) is 4.58. The highest BCUT2D eigenvalue weighted by Crippen LogP contribution is 2.56. The van der Waals surface area contributed by atoms with Crippen LogP contribution in [-0.4, -0.2) is 18.0 Å². The summed E-state index contributed by atoms with van der Waals surface area (Å²) >= 11 is 3.78. The zero-order valence-electron chi connectivity index (χ0n) is 6.50. The molecule has 2 heteroatoms. The topological polar surface area (TPSA) is 9.23 Å². The average Bonchev–Trinajstić information content (AvgIpc) is 2.52. The zero-order valence-corrected chi connectivity index (χ0v) is 8.09. The average molecular weight is 217 g/mol. The van der Waals surface area contributed by atoms with Crippen molar-refractivity contribution in [3.8, 4) is 0 Å². The maximum atomic E-state index is 5.52. The summed E-state index contributed by atoms with van der Waals surface area (Å²) in [5, 5.41) is 0. The van der Waals surface area contributed by atoms with Crippen LogP contribution in [0.3, 0.4) is 0 Å². The molecule has 2 aliphatic carbocycles. The number of hydrogen-bond acceptors (Lipinski definition) is 1. The zero-order chi connectivity index (χ0) is 7.42. The third-order valence-corrected chi connectivity index (χ3v) is 4.95. The molecule has 0 aromatic carbocycles. The van der Waals surface area contributed by atoms with E-state index in [4.69, 9.17) is 4.74 Å². The van der Waals surface area contributed by atoms with Crippen LogP contribution < -0.4 is 0 Å². The highest BCUT2D eigenvalue weighted by molar-refractivity contribution is 9.09. The Morgan fingerprint density at radius 2 is 1.82 bits per heavy atom. The lowest BCUT2D eigenvalue weighted by molar-refractivity contribution is 0.164. The van der Waals surface area contributed by atoms with Gasteiger partial charge in [0.1, 0.15) is 0 Å². The summed E-state index contributed by atoms with van der Waals surface area (Å²) in [5.41, 5.74) is 0. The van der Waals surface area contributed by atoms with Gasteiger partial charge in [0.05, 0.1) is 13.2 Å². The standard InChI is InChI=1S/C9H13BrO/c10-9-2-5-1-6(9)8-4-11-3-7(5)8/h5-9H,1-4H2. The fraction of sp³-hybridized carbons (Fsp3) is 1.00. The van der Waals surface area contributed by atoms with E-state index >= 15 is 0 Å². The van der Waals surface area contributed by atoms with Gasteiger partial charge in [-0.3, -0.25) is 0 Å². The third kappa shape index (κ3) is 0.803. The molecule has 3 rings (SSSR count). The third-order valence-electron chi connectivity index (χ3n) is 3.89. The number of hydrogen-bond donors (Lipinski definition) is 0. The van der Waals surface area contributed by atoms with Crippen molar-refractivity contribution in [2.45, 2.75) is 17.7 Å². The predicted octanol–water partition coefficient (Wildman–Crippen LogP) is 2.05. The molecule has 5 atom stereocenters. The van der Waals surface area contributed by atoms with E-state index in [-0.39, 0.29) is 0 Å². The van der Waals surface area contributed by atoms with Crippen molar-refractivity contribution in [3.63, 3.8) is 0 Å². The fourth-order valence-electron chi connectivity index (χ4n) is 3.36. The van der Waals surface area contributed by atoms with Gasteiger partial charge in [-0.05, 0) is 36.5 Å². The van der Waals surface area contributed by atoms with Crippen molar-refractivity contribution < 1.29 is 4.74 Å². The summed E-state index contributed by atoms with van der Waals surface area (Å²) in [6.07, 6.45) is 2.89. The lowest BCUT2D eigenvalue weighted by Crippen LogP contribution is -2.26. The monoisotopic (exact) mass is 216 g/mol. The van der Waals surface area contributed by atoms with Crippen molar-refractivity contribution in [2.75, 3.05) is 13.2 Å². The minimum atomic E-state index is 0.815. The molecule has 0 amide bonds. The molecule has 11 heavy (non-hydrogen) atoms. The van der Waals surface area contributed by atoms with Gasteiger partial charge in [-0.15, -0.1) is 0 Å². The van der Waals surface area contributed by atoms with Gasteiger partial charge >= 0.3 is 0 Å². The van der Waals surface area contributed by atoms with Gasteiger partial charge in [-0.25, -0.2) is 0 Å².